The van der Waals surface area contributed by atoms with Crippen molar-refractivity contribution in [2.45, 2.75) is 39.7 Å². The van der Waals surface area contributed by atoms with Crippen LogP contribution < -0.4 is 10.2 Å². The molecule has 1 atom stereocenters. The highest BCUT2D eigenvalue weighted by atomic mass is 32.1. The Bertz CT molecular complexity index is 979. The van der Waals surface area contributed by atoms with E-state index >= 15 is 0 Å². The molecule has 6 nitrogen and oxygen atoms in total. The molecule has 0 aromatic carbocycles. The van der Waals surface area contributed by atoms with Crippen LogP contribution in [0.4, 0.5) is 5.82 Å². The van der Waals surface area contributed by atoms with E-state index in [9.17, 15) is 4.79 Å². The Hall–Kier alpha value is -2.54. The van der Waals surface area contributed by atoms with Gasteiger partial charge in [-0.1, -0.05) is 6.07 Å². The van der Waals surface area contributed by atoms with Gasteiger partial charge in [-0.25, -0.2) is 9.97 Å². The van der Waals surface area contributed by atoms with Crippen LogP contribution in [0.5, 0.6) is 0 Å². The molecule has 3 aromatic heterocycles. The topological polar surface area (TPSA) is 71.0 Å². The van der Waals surface area contributed by atoms with Crippen LogP contribution in [-0.4, -0.2) is 33.9 Å². The molecule has 0 unspecified atom stereocenters. The number of carbonyl (C=O) groups excluding carboxylic acids is 1. The van der Waals surface area contributed by atoms with Crippen LogP contribution in [0.2, 0.25) is 0 Å². The molecule has 1 N–H and O–H groups in total. The van der Waals surface area contributed by atoms with Gasteiger partial charge in [-0.15, -0.1) is 11.3 Å². The second-order valence-electron chi connectivity index (χ2n) is 7.44. The Kier molecular flexibility index (Phi) is 5.26. The summed E-state index contributed by atoms with van der Waals surface area (Å²) in [6.45, 7) is 7.94. The van der Waals surface area contributed by atoms with Crippen molar-refractivity contribution >= 4 is 33.3 Å². The minimum atomic E-state index is -0.0304. The zero-order valence-electron chi connectivity index (χ0n) is 16.5. The van der Waals surface area contributed by atoms with Gasteiger partial charge >= 0.3 is 0 Å². The first kappa shape index (κ1) is 18.8. The summed E-state index contributed by atoms with van der Waals surface area (Å²) in [5.41, 5.74) is 2.29. The Labute approximate surface area is 169 Å². The molecule has 0 spiro atoms. The summed E-state index contributed by atoms with van der Waals surface area (Å²) in [7, 11) is 0. The maximum absolute atomic E-state index is 12.7. The molecule has 146 valence electrons. The standard InChI is InChI=1S/C21H25N5OS/c1-13-15(3)28-21-18(13)19(23-12-24-21)26-9-6-16(7-10-26)20(27)25-14(2)17-5-4-8-22-11-17/h4-5,8,11-12,14,16H,6-7,9-10H2,1-3H3,(H,25,27)/t14-/m1/s1. The summed E-state index contributed by atoms with van der Waals surface area (Å²) in [6.07, 6.45) is 6.87. The van der Waals surface area contributed by atoms with Crippen LogP contribution in [0.3, 0.4) is 0 Å². The molecule has 4 rings (SSSR count). The second-order valence-corrected chi connectivity index (χ2v) is 8.64. The number of anilines is 1. The van der Waals surface area contributed by atoms with Crippen LogP contribution in [0, 0.1) is 19.8 Å². The molecule has 28 heavy (non-hydrogen) atoms. The third-order valence-electron chi connectivity index (χ3n) is 5.65. The lowest BCUT2D eigenvalue weighted by atomic mass is 9.95. The Morgan fingerprint density at radius 1 is 1.29 bits per heavy atom. The van der Waals surface area contributed by atoms with Gasteiger partial charge in [0.05, 0.1) is 11.4 Å². The van der Waals surface area contributed by atoms with E-state index in [1.54, 1.807) is 30.1 Å². The second kappa shape index (κ2) is 7.83. The number of aromatic nitrogens is 3. The van der Waals surface area contributed by atoms with Crippen molar-refractivity contribution < 1.29 is 4.79 Å². The summed E-state index contributed by atoms with van der Waals surface area (Å²) in [5.74, 6) is 1.18. The summed E-state index contributed by atoms with van der Waals surface area (Å²) in [4.78, 5) is 30.5. The quantitative estimate of drug-likeness (QED) is 0.728. The van der Waals surface area contributed by atoms with Gasteiger partial charge in [0, 0.05) is 36.3 Å². The maximum Gasteiger partial charge on any atom is 0.223 e. The largest absolute Gasteiger partial charge is 0.356 e. The smallest absolute Gasteiger partial charge is 0.223 e. The van der Waals surface area contributed by atoms with Gasteiger partial charge in [-0.05, 0) is 50.8 Å². The van der Waals surface area contributed by atoms with E-state index in [1.807, 2.05) is 19.1 Å². The molecule has 1 fully saturated rings. The molecule has 1 amide bonds. The zero-order chi connectivity index (χ0) is 19.7. The van der Waals surface area contributed by atoms with Crippen LogP contribution in [-0.2, 0) is 4.79 Å². The number of hydrogen-bond donors (Lipinski definition) is 1. The van der Waals surface area contributed by atoms with Crippen molar-refractivity contribution in [2.24, 2.45) is 5.92 Å². The molecule has 0 aliphatic carbocycles. The van der Waals surface area contributed by atoms with Gasteiger partial charge in [0.1, 0.15) is 17.0 Å². The van der Waals surface area contributed by atoms with Crippen molar-refractivity contribution in [2.75, 3.05) is 18.0 Å². The summed E-state index contributed by atoms with van der Waals surface area (Å²) < 4.78 is 0. The molecule has 4 heterocycles. The maximum atomic E-state index is 12.7. The van der Waals surface area contributed by atoms with E-state index < -0.39 is 0 Å². The highest BCUT2D eigenvalue weighted by Gasteiger charge is 2.28. The number of piperidine rings is 1. The lowest BCUT2D eigenvalue weighted by molar-refractivity contribution is -0.126. The van der Waals surface area contributed by atoms with Gasteiger partial charge in [0.15, 0.2) is 0 Å². The molecule has 3 aromatic rings. The van der Waals surface area contributed by atoms with Crippen LogP contribution in [0.15, 0.2) is 30.9 Å². The van der Waals surface area contributed by atoms with Crippen molar-refractivity contribution in [3.63, 3.8) is 0 Å². The van der Waals surface area contributed by atoms with Crippen LogP contribution in [0.25, 0.3) is 10.2 Å². The highest BCUT2D eigenvalue weighted by Crippen LogP contribution is 2.35. The highest BCUT2D eigenvalue weighted by molar-refractivity contribution is 7.18. The van der Waals surface area contributed by atoms with Gasteiger partial charge in [-0.3, -0.25) is 9.78 Å². The van der Waals surface area contributed by atoms with E-state index in [0.29, 0.717) is 0 Å². The molecular formula is C21H25N5OS. The number of nitrogens with zero attached hydrogens (tertiary/aromatic N) is 4. The zero-order valence-corrected chi connectivity index (χ0v) is 17.3. The van der Waals surface area contributed by atoms with Crippen LogP contribution >= 0.6 is 11.3 Å². The Morgan fingerprint density at radius 3 is 2.79 bits per heavy atom. The third-order valence-corrected chi connectivity index (χ3v) is 6.77. The fourth-order valence-electron chi connectivity index (χ4n) is 3.80. The number of carbonyl (C=O) groups is 1. The van der Waals surface area contributed by atoms with Gasteiger partial charge in [-0.2, -0.15) is 0 Å². The lowest BCUT2D eigenvalue weighted by Gasteiger charge is -2.33. The minimum Gasteiger partial charge on any atom is -0.356 e. The van der Waals surface area contributed by atoms with E-state index in [1.165, 1.54) is 10.4 Å². The molecular weight excluding hydrogens is 370 g/mol. The summed E-state index contributed by atoms with van der Waals surface area (Å²) in [6, 6.07) is 3.86. The number of nitrogens with one attached hydrogen (secondary N) is 1. The third kappa shape index (κ3) is 3.58. The Morgan fingerprint density at radius 2 is 2.07 bits per heavy atom. The molecule has 0 bridgehead atoms. The Balaban J connectivity index is 1.42. The van der Waals surface area contributed by atoms with Gasteiger partial charge in [0.2, 0.25) is 5.91 Å². The molecule has 1 aliphatic rings. The SMILES string of the molecule is Cc1sc2ncnc(N3CCC(C(=O)N[C@H](C)c4cccnc4)CC3)c2c1C. The summed E-state index contributed by atoms with van der Waals surface area (Å²) in [5, 5.41) is 4.31. The van der Waals surface area contributed by atoms with E-state index in [2.05, 4.69) is 39.0 Å². The molecule has 7 heteroatoms. The number of pyridine rings is 1. The predicted octanol–water partition coefficient (Wildman–Crippen LogP) is 3.80. The number of rotatable bonds is 4. The van der Waals surface area contributed by atoms with E-state index in [4.69, 9.17) is 0 Å². The number of amides is 1. The fraction of sp³-hybridized carbons (Fsp3) is 0.429. The molecule has 1 saturated heterocycles. The van der Waals surface area contributed by atoms with Crippen molar-refractivity contribution in [3.8, 4) is 0 Å². The number of aryl methyl sites for hydroxylation is 2. The molecule has 0 saturated carbocycles. The number of hydrogen-bond acceptors (Lipinski definition) is 6. The number of thiophene rings is 1. The average molecular weight is 396 g/mol. The minimum absolute atomic E-state index is 0.0304. The average Bonchev–Trinajstić information content (AvgIpc) is 3.02. The molecule has 0 radical (unpaired) electrons. The normalized spacial score (nSPS) is 16.3. The number of fused-ring (bicyclic) bond motifs is 1. The first-order valence-electron chi connectivity index (χ1n) is 9.70. The first-order chi connectivity index (χ1) is 13.5. The van der Waals surface area contributed by atoms with Gasteiger partial charge < -0.3 is 10.2 Å². The van der Waals surface area contributed by atoms with E-state index in [0.717, 1.165) is 47.5 Å². The molecule has 1 aliphatic heterocycles. The van der Waals surface area contributed by atoms with Crippen molar-refractivity contribution in [1.82, 2.24) is 20.3 Å². The predicted molar refractivity (Wildman–Crippen MR) is 113 cm³/mol. The van der Waals surface area contributed by atoms with Crippen LogP contribution in [0.1, 0.15) is 41.8 Å². The fourth-order valence-corrected chi connectivity index (χ4v) is 4.80. The van der Waals surface area contributed by atoms with E-state index in [-0.39, 0.29) is 17.9 Å². The lowest BCUT2D eigenvalue weighted by Crippen LogP contribution is -2.41. The van der Waals surface area contributed by atoms with Crippen molar-refractivity contribution in [3.05, 3.63) is 46.9 Å². The first-order valence-corrected chi connectivity index (χ1v) is 10.5. The summed E-state index contributed by atoms with van der Waals surface area (Å²) >= 11 is 1.72. The van der Waals surface area contributed by atoms with Crippen molar-refractivity contribution in [1.29, 1.82) is 0 Å². The monoisotopic (exact) mass is 395 g/mol. The van der Waals surface area contributed by atoms with Gasteiger partial charge in [0.25, 0.3) is 0 Å².